The molecular formula is C12H12N4O4. The molecule has 1 aromatic heterocycles. The highest BCUT2D eigenvalue weighted by atomic mass is 16.6. The third-order valence-electron chi connectivity index (χ3n) is 2.41. The lowest BCUT2D eigenvalue weighted by atomic mass is 10.3. The molecule has 20 heavy (non-hydrogen) atoms. The van der Waals surface area contributed by atoms with Gasteiger partial charge >= 0.3 is 11.6 Å². The minimum absolute atomic E-state index is 0.136. The van der Waals surface area contributed by atoms with Gasteiger partial charge in [-0.15, -0.1) is 0 Å². The van der Waals surface area contributed by atoms with E-state index < -0.39 is 4.92 Å². The Morgan fingerprint density at radius 3 is 2.75 bits per heavy atom. The van der Waals surface area contributed by atoms with Crippen LogP contribution in [0.5, 0.6) is 17.4 Å². The van der Waals surface area contributed by atoms with Crippen LogP contribution >= 0.6 is 0 Å². The third kappa shape index (κ3) is 2.91. The SMILES string of the molecule is CNc1ncc([N+](=O)[O-])c(Oc2cccc(OC)c2)n1. The van der Waals surface area contributed by atoms with Gasteiger partial charge in [0, 0.05) is 13.1 Å². The van der Waals surface area contributed by atoms with Gasteiger partial charge in [-0.3, -0.25) is 10.1 Å². The highest BCUT2D eigenvalue weighted by Gasteiger charge is 2.19. The van der Waals surface area contributed by atoms with Crippen LogP contribution in [0.3, 0.4) is 0 Å². The fourth-order valence-electron chi connectivity index (χ4n) is 1.46. The Kier molecular flexibility index (Phi) is 3.94. The van der Waals surface area contributed by atoms with Crippen molar-refractivity contribution in [2.45, 2.75) is 0 Å². The van der Waals surface area contributed by atoms with Crippen molar-refractivity contribution in [1.29, 1.82) is 0 Å². The lowest BCUT2D eigenvalue weighted by molar-refractivity contribution is -0.386. The van der Waals surface area contributed by atoms with Crippen molar-refractivity contribution < 1.29 is 14.4 Å². The minimum Gasteiger partial charge on any atom is -0.497 e. The summed E-state index contributed by atoms with van der Waals surface area (Å²) in [6, 6.07) is 6.69. The fraction of sp³-hybridized carbons (Fsp3) is 0.167. The van der Waals surface area contributed by atoms with E-state index >= 15 is 0 Å². The summed E-state index contributed by atoms with van der Waals surface area (Å²) in [5, 5.41) is 13.6. The standard InChI is InChI=1S/C12H12N4O4/c1-13-12-14-7-10(16(17)18)11(15-12)20-9-5-3-4-8(6-9)19-2/h3-7H,1-2H3,(H,13,14,15). The molecule has 0 saturated carbocycles. The largest absolute Gasteiger partial charge is 0.497 e. The van der Waals surface area contributed by atoms with Crippen molar-refractivity contribution in [1.82, 2.24) is 9.97 Å². The van der Waals surface area contributed by atoms with E-state index in [4.69, 9.17) is 9.47 Å². The van der Waals surface area contributed by atoms with Crippen LogP contribution in [0.25, 0.3) is 0 Å². The Labute approximate surface area is 114 Å². The fourth-order valence-corrected chi connectivity index (χ4v) is 1.46. The molecule has 1 heterocycles. The van der Waals surface area contributed by atoms with Gasteiger partial charge in [-0.25, -0.2) is 4.98 Å². The van der Waals surface area contributed by atoms with Gasteiger partial charge in [0.1, 0.15) is 17.7 Å². The maximum Gasteiger partial charge on any atom is 0.349 e. The molecule has 0 aliphatic rings. The van der Waals surface area contributed by atoms with Gasteiger partial charge < -0.3 is 14.8 Å². The highest BCUT2D eigenvalue weighted by Crippen LogP contribution is 2.30. The van der Waals surface area contributed by atoms with Gasteiger partial charge in [0.15, 0.2) is 0 Å². The van der Waals surface area contributed by atoms with Crippen LogP contribution in [-0.2, 0) is 0 Å². The van der Waals surface area contributed by atoms with E-state index in [0.717, 1.165) is 6.20 Å². The zero-order chi connectivity index (χ0) is 14.5. The molecule has 0 fully saturated rings. The predicted octanol–water partition coefficient (Wildman–Crippen LogP) is 2.23. The number of benzene rings is 1. The van der Waals surface area contributed by atoms with Crippen molar-refractivity contribution in [2.75, 3.05) is 19.5 Å². The summed E-state index contributed by atoms with van der Waals surface area (Å²) in [6.45, 7) is 0. The van der Waals surface area contributed by atoms with E-state index in [1.165, 1.54) is 7.11 Å². The molecule has 0 radical (unpaired) electrons. The first kappa shape index (κ1) is 13.5. The summed E-state index contributed by atoms with van der Waals surface area (Å²) in [4.78, 5) is 18.1. The molecule has 8 nitrogen and oxygen atoms in total. The van der Waals surface area contributed by atoms with Crippen LogP contribution in [0.4, 0.5) is 11.6 Å². The molecule has 2 rings (SSSR count). The van der Waals surface area contributed by atoms with Crippen molar-refractivity contribution >= 4 is 11.6 Å². The molecule has 8 heteroatoms. The van der Waals surface area contributed by atoms with Gasteiger partial charge in [0.25, 0.3) is 0 Å². The first-order valence-corrected chi connectivity index (χ1v) is 5.65. The number of aromatic nitrogens is 2. The van der Waals surface area contributed by atoms with Crippen LogP contribution in [-0.4, -0.2) is 29.0 Å². The number of rotatable bonds is 5. The number of nitrogens with zero attached hydrogens (tertiary/aromatic N) is 3. The Morgan fingerprint density at radius 1 is 1.35 bits per heavy atom. The van der Waals surface area contributed by atoms with Crippen molar-refractivity contribution in [2.24, 2.45) is 0 Å². The van der Waals surface area contributed by atoms with Crippen LogP contribution < -0.4 is 14.8 Å². The molecule has 1 N–H and O–H groups in total. The smallest absolute Gasteiger partial charge is 0.349 e. The first-order chi connectivity index (χ1) is 9.63. The van der Waals surface area contributed by atoms with Crippen LogP contribution in [0.2, 0.25) is 0 Å². The number of anilines is 1. The molecule has 0 spiro atoms. The third-order valence-corrected chi connectivity index (χ3v) is 2.41. The average Bonchev–Trinajstić information content (AvgIpc) is 2.47. The van der Waals surface area contributed by atoms with E-state index in [2.05, 4.69) is 15.3 Å². The lowest BCUT2D eigenvalue weighted by Gasteiger charge is -2.07. The molecule has 0 saturated heterocycles. The highest BCUT2D eigenvalue weighted by molar-refractivity contribution is 5.46. The maximum absolute atomic E-state index is 10.9. The lowest BCUT2D eigenvalue weighted by Crippen LogP contribution is -2.02. The second-order valence-electron chi connectivity index (χ2n) is 3.67. The van der Waals surface area contributed by atoms with Gasteiger partial charge in [0.2, 0.25) is 5.95 Å². The first-order valence-electron chi connectivity index (χ1n) is 5.65. The molecule has 0 amide bonds. The molecule has 2 aromatic rings. The molecule has 1 aromatic carbocycles. The molecule has 0 aliphatic heterocycles. The Hall–Kier alpha value is -2.90. The van der Waals surface area contributed by atoms with Crippen molar-refractivity contribution in [3.63, 3.8) is 0 Å². The summed E-state index contributed by atoms with van der Waals surface area (Å²) in [5.74, 6) is 1.05. The number of nitrogens with one attached hydrogen (secondary N) is 1. The summed E-state index contributed by atoms with van der Waals surface area (Å²) in [6.07, 6.45) is 1.09. The predicted molar refractivity (Wildman–Crippen MR) is 71.3 cm³/mol. The van der Waals surface area contributed by atoms with E-state index in [0.29, 0.717) is 11.5 Å². The van der Waals surface area contributed by atoms with Crippen LogP contribution in [0.1, 0.15) is 0 Å². The molecule has 0 bridgehead atoms. The summed E-state index contributed by atoms with van der Waals surface area (Å²) in [5.41, 5.74) is -0.313. The van der Waals surface area contributed by atoms with E-state index in [1.807, 2.05) is 0 Å². The molecular weight excluding hydrogens is 264 g/mol. The number of hydrogen-bond donors (Lipinski definition) is 1. The number of nitro groups is 1. The Balaban J connectivity index is 2.37. The topological polar surface area (TPSA) is 99.4 Å². The van der Waals surface area contributed by atoms with Crippen LogP contribution in [0.15, 0.2) is 30.5 Å². The number of methoxy groups -OCH3 is 1. The monoisotopic (exact) mass is 276 g/mol. The summed E-state index contributed by atoms with van der Waals surface area (Å²) in [7, 11) is 3.13. The van der Waals surface area contributed by atoms with E-state index in [-0.39, 0.29) is 17.5 Å². The van der Waals surface area contributed by atoms with E-state index in [9.17, 15) is 10.1 Å². The quantitative estimate of drug-likeness (QED) is 0.660. The number of ether oxygens (including phenoxy) is 2. The molecule has 0 atom stereocenters. The second kappa shape index (κ2) is 5.83. The normalized spacial score (nSPS) is 9.90. The maximum atomic E-state index is 10.9. The van der Waals surface area contributed by atoms with Gasteiger partial charge in [-0.2, -0.15) is 4.98 Å². The second-order valence-corrected chi connectivity index (χ2v) is 3.67. The van der Waals surface area contributed by atoms with Gasteiger partial charge in [0.05, 0.1) is 12.0 Å². The average molecular weight is 276 g/mol. The zero-order valence-electron chi connectivity index (χ0n) is 10.9. The molecule has 104 valence electrons. The van der Waals surface area contributed by atoms with E-state index in [1.54, 1.807) is 31.3 Å². The van der Waals surface area contributed by atoms with Gasteiger partial charge in [-0.1, -0.05) is 6.07 Å². The van der Waals surface area contributed by atoms with Crippen molar-refractivity contribution in [3.05, 3.63) is 40.6 Å². The molecule has 0 aliphatic carbocycles. The molecule has 0 unspecified atom stereocenters. The zero-order valence-corrected chi connectivity index (χ0v) is 10.9. The summed E-state index contributed by atoms with van der Waals surface area (Å²) < 4.78 is 10.5. The Bertz CT molecular complexity index is 633. The summed E-state index contributed by atoms with van der Waals surface area (Å²) >= 11 is 0. The Morgan fingerprint density at radius 2 is 2.10 bits per heavy atom. The number of hydrogen-bond acceptors (Lipinski definition) is 7. The van der Waals surface area contributed by atoms with Gasteiger partial charge in [-0.05, 0) is 12.1 Å². The van der Waals surface area contributed by atoms with Crippen molar-refractivity contribution in [3.8, 4) is 17.4 Å². The van der Waals surface area contributed by atoms with Crippen LogP contribution in [0, 0.1) is 10.1 Å². The minimum atomic E-state index is -0.602.